The highest BCUT2D eigenvalue weighted by Crippen LogP contribution is 2.36. The molecule has 2 aliphatic rings. The maximum absolute atomic E-state index is 13.2. The van der Waals surface area contributed by atoms with Crippen LogP contribution < -0.4 is 20.9 Å². The van der Waals surface area contributed by atoms with Gasteiger partial charge in [0, 0.05) is 6.54 Å². The van der Waals surface area contributed by atoms with Gasteiger partial charge in [0.25, 0.3) is 0 Å². The molecule has 3 atom stereocenters. The third-order valence-corrected chi connectivity index (χ3v) is 5.63. The van der Waals surface area contributed by atoms with Crippen LogP contribution in [0.2, 0.25) is 0 Å². The number of rotatable bonds is 5. The molecule has 34 heavy (non-hydrogen) atoms. The molecule has 10 heteroatoms. The number of benzene rings is 1. The Morgan fingerprint density at radius 2 is 1.76 bits per heavy atom. The van der Waals surface area contributed by atoms with Crippen LogP contribution in [0.3, 0.4) is 0 Å². The van der Waals surface area contributed by atoms with Crippen molar-refractivity contribution in [2.75, 3.05) is 6.54 Å². The molecule has 0 saturated carbocycles. The van der Waals surface area contributed by atoms with Crippen LogP contribution in [0.15, 0.2) is 18.2 Å². The number of carbonyl (C=O) groups is 2. The normalized spacial score (nSPS) is 21.8. The van der Waals surface area contributed by atoms with Crippen LogP contribution in [0.25, 0.3) is 0 Å². The molecule has 0 aliphatic carbocycles. The topological polar surface area (TPSA) is 107 Å². The zero-order chi connectivity index (χ0) is 25.3. The lowest BCUT2D eigenvalue weighted by Crippen LogP contribution is -2.58. The van der Waals surface area contributed by atoms with Gasteiger partial charge in [-0.15, -0.1) is 0 Å². The van der Waals surface area contributed by atoms with Crippen LogP contribution in [0, 0.1) is 0 Å². The molecule has 3 N–H and O–H groups in total. The predicted octanol–water partition coefficient (Wildman–Crippen LogP) is 3.46. The zero-order valence-electron chi connectivity index (χ0n) is 20.9. The van der Waals surface area contributed by atoms with E-state index < -0.39 is 35.0 Å². The van der Waals surface area contributed by atoms with E-state index in [2.05, 4.69) is 22.2 Å². The summed E-state index contributed by atoms with van der Waals surface area (Å²) in [7, 11) is 0. The Morgan fingerprint density at radius 1 is 1.09 bits per heavy atom. The fraction of sp³-hybridized carbons (Fsp3) is 0.625. The number of hydrogen-bond donors (Lipinski definition) is 3. The van der Waals surface area contributed by atoms with Gasteiger partial charge in [-0.1, -0.05) is 6.07 Å². The summed E-state index contributed by atoms with van der Waals surface area (Å²) >= 11 is 5.16. The average molecular weight is 494 g/mol. The van der Waals surface area contributed by atoms with Crippen molar-refractivity contribution < 1.29 is 28.6 Å². The number of amides is 1. The van der Waals surface area contributed by atoms with Gasteiger partial charge < -0.3 is 24.8 Å². The molecular formula is C24H35N3O6S. The molecule has 188 valence electrons. The number of esters is 1. The number of ether oxygens (including phenoxy) is 3. The molecule has 3 rings (SSSR count). The maximum atomic E-state index is 13.2. The lowest BCUT2D eigenvalue weighted by Gasteiger charge is -2.39. The van der Waals surface area contributed by atoms with Gasteiger partial charge >= 0.3 is 12.1 Å². The summed E-state index contributed by atoms with van der Waals surface area (Å²) in [5.74, 6) is 0.0139. The van der Waals surface area contributed by atoms with E-state index in [-0.39, 0.29) is 6.04 Å². The van der Waals surface area contributed by atoms with Gasteiger partial charge in [0.1, 0.15) is 23.1 Å². The van der Waals surface area contributed by atoms with E-state index >= 15 is 0 Å². The Kier molecular flexibility index (Phi) is 7.33. The summed E-state index contributed by atoms with van der Waals surface area (Å²) < 4.78 is 17.1. The molecule has 0 aromatic heterocycles. The largest absolute Gasteiger partial charge is 0.486 e. The van der Waals surface area contributed by atoms with Crippen molar-refractivity contribution in [2.45, 2.75) is 90.3 Å². The highest BCUT2D eigenvalue weighted by molar-refractivity contribution is 7.80. The number of hydroxylamine groups is 1. The van der Waals surface area contributed by atoms with Gasteiger partial charge in [0.05, 0.1) is 6.04 Å². The molecule has 0 bridgehead atoms. The molecule has 0 radical (unpaired) electrons. The van der Waals surface area contributed by atoms with E-state index in [0.717, 1.165) is 17.7 Å². The van der Waals surface area contributed by atoms with Crippen molar-refractivity contribution in [2.24, 2.45) is 0 Å². The van der Waals surface area contributed by atoms with E-state index in [0.29, 0.717) is 23.7 Å². The van der Waals surface area contributed by atoms with Crippen molar-refractivity contribution in [3.63, 3.8) is 0 Å². The number of carbonyl (C=O) groups excluding carboxylic acids is 2. The van der Waals surface area contributed by atoms with Gasteiger partial charge in [0.2, 0.25) is 5.60 Å². The third-order valence-electron chi connectivity index (χ3n) is 5.37. The maximum Gasteiger partial charge on any atom is 0.431 e. The minimum atomic E-state index is -1.61. The second kappa shape index (κ2) is 9.58. The Balaban J connectivity index is 1.79. The fourth-order valence-corrected chi connectivity index (χ4v) is 3.96. The van der Waals surface area contributed by atoms with Gasteiger partial charge in [-0.05, 0) is 96.8 Å². The Morgan fingerprint density at radius 3 is 2.35 bits per heavy atom. The van der Waals surface area contributed by atoms with E-state index in [1.54, 1.807) is 48.5 Å². The summed E-state index contributed by atoms with van der Waals surface area (Å²) in [6.45, 7) is 12.8. The minimum absolute atomic E-state index is 0.101. The van der Waals surface area contributed by atoms with Crippen LogP contribution in [0.1, 0.15) is 72.1 Å². The SMILES string of the molecule is CC(C)(C)OC(=O)NO[C@](C)(C(=O)OC(C)(C)C)[C@H]1CCc2cc([C@@H]3CNC(=S)N3)ccc2O1. The molecule has 9 nitrogen and oxygen atoms in total. The molecule has 1 saturated heterocycles. The summed E-state index contributed by atoms with van der Waals surface area (Å²) in [5.41, 5.74) is 1.30. The molecular weight excluding hydrogens is 458 g/mol. The first-order chi connectivity index (χ1) is 15.7. The second-order valence-corrected chi connectivity index (χ2v) is 11.1. The van der Waals surface area contributed by atoms with Gasteiger partial charge in [-0.3, -0.25) is 0 Å². The van der Waals surface area contributed by atoms with Crippen molar-refractivity contribution in [1.82, 2.24) is 16.1 Å². The van der Waals surface area contributed by atoms with Crippen molar-refractivity contribution in [1.29, 1.82) is 0 Å². The number of nitrogens with one attached hydrogen (secondary N) is 3. The molecule has 0 unspecified atom stereocenters. The molecule has 1 amide bonds. The van der Waals surface area contributed by atoms with Crippen LogP contribution >= 0.6 is 12.2 Å². The number of aryl methyl sites for hydroxylation is 1. The Bertz CT molecular complexity index is 955. The van der Waals surface area contributed by atoms with E-state index in [1.807, 2.05) is 12.1 Å². The first kappa shape index (κ1) is 26.0. The molecule has 1 aromatic rings. The van der Waals surface area contributed by atoms with Crippen LogP contribution in [-0.2, 0) is 25.5 Å². The number of fused-ring (bicyclic) bond motifs is 1. The standard InChI is InChI=1S/C24H35N3O6S/c1-22(2,3)31-19(28)24(7,33-27-21(29)32-23(4,5)6)18-11-9-15-12-14(8-10-17(15)30-18)16-13-25-20(34)26-16/h8,10,12,16,18H,9,11,13H2,1-7H3,(H,27,29)(H2,25,26,34)/t16-,18+,24-/m0/s1. The average Bonchev–Trinajstić information content (AvgIpc) is 3.15. The summed E-state index contributed by atoms with van der Waals surface area (Å²) in [6.07, 6.45) is -0.364. The molecule has 2 heterocycles. The number of thiocarbonyl (C=S) groups is 1. The van der Waals surface area contributed by atoms with Gasteiger partial charge in [0.15, 0.2) is 5.11 Å². The molecule has 1 fully saturated rings. The van der Waals surface area contributed by atoms with Crippen LogP contribution in [0.5, 0.6) is 5.75 Å². The first-order valence-corrected chi connectivity index (χ1v) is 11.8. The second-order valence-electron chi connectivity index (χ2n) is 10.7. The van der Waals surface area contributed by atoms with E-state index in [4.69, 9.17) is 31.3 Å². The summed E-state index contributed by atoms with van der Waals surface area (Å²) in [6, 6.07) is 6.04. The van der Waals surface area contributed by atoms with Crippen LogP contribution in [-0.4, -0.2) is 46.6 Å². The first-order valence-electron chi connectivity index (χ1n) is 11.4. The monoisotopic (exact) mass is 493 g/mol. The Labute approximate surface area is 206 Å². The molecule has 0 spiro atoms. The van der Waals surface area contributed by atoms with Gasteiger partial charge in [-0.2, -0.15) is 5.48 Å². The lowest BCUT2D eigenvalue weighted by atomic mass is 9.89. The summed E-state index contributed by atoms with van der Waals surface area (Å²) in [4.78, 5) is 31.1. The predicted molar refractivity (Wildman–Crippen MR) is 130 cm³/mol. The smallest absolute Gasteiger partial charge is 0.431 e. The van der Waals surface area contributed by atoms with Crippen molar-refractivity contribution in [3.8, 4) is 5.75 Å². The lowest BCUT2D eigenvalue weighted by molar-refractivity contribution is -0.205. The third kappa shape index (κ3) is 6.50. The highest BCUT2D eigenvalue weighted by Gasteiger charge is 2.50. The van der Waals surface area contributed by atoms with Crippen molar-refractivity contribution in [3.05, 3.63) is 29.3 Å². The van der Waals surface area contributed by atoms with Crippen LogP contribution in [0.4, 0.5) is 4.79 Å². The van der Waals surface area contributed by atoms with E-state index in [1.165, 1.54) is 0 Å². The van der Waals surface area contributed by atoms with E-state index in [9.17, 15) is 9.59 Å². The number of hydrogen-bond acceptors (Lipinski definition) is 7. The minimum Gasteiger partial charge on any atom is -0.486 e. The van der Waals surface area contributed by atoms with Gasteiger partial charge in [-0.25, -0.2) is 14.4 Å². The zero-order valence-corrected chi connectivity index (χ0v) is 21.7. The van der Waals surface area contributed by atoms with Crippen molar-refractivity contribution >= 4 is 29.4 Å². The summed E-state index contributed by atoms with van der Waals surface area (Å²) in [5, 5.41) is 7.00. The highest BCUT2D eigenvalue weighted by atomic mass is 32.1. The fourth-order valence-electron chi connectivity index (χ4n) is 3.73. The Hall–Kier alpha value is -2.59. The quantitative estimate of drug-likeness (QED) is 0.323. The molecule has 1 aromatic carbocycles. The molecule has 2 aliphatic heterocycles.